The van der Waals surface area contributed by atoms with Gasteiger partial charge in [-0.1, -0.05) is 0 Å². The van der Waals surface area contributed by atoms with E-state index in [1.807, 2.05) is 13.8 Å². The fourth-order valence-corrected chi connectivity index (χ4v) is 1.05. The number of hydrogen-bond acceptors (Lipinski definition) is 6. The maximum atomic E-state index is 11.0. The number of esters is 1. The summed E-state index contributed by atoms with van der Waals surface area (Å²) in [7, 11) is 1.28. The summed E-state index contributed by atoms with van der Waals surface area (Å²) in [5.41, 5.74) is 7.18. The first-order valence-electron chi connectivity index (χ1n) is 4.80. The minimum atomic E-state index is -0.806. The molecule has 0 saturated carbocycles. The molecule has 1 atom stereocenters. The second-order valence-corrected chi connectivity index (χ2v) is 3.33. The number of ether oxygens (including phenoxy) is 2. The lowest BCUT2D eigenvalue weighted by atomic mass is 10.2. The van der Waals surface area contributed by atoms with Crippen LogP contribution in [0.4, 0.5) is 0 Å². The molecule has 1 unspecified atom stereocenters. The molecular weight excluding hydrogens is 210 g/mol. The lowest BCUT2D eigenvalue weighted by Gasteiger charge is -2.12. The van der Waals surface area contributed by atoms with Gasteiger partial charge in [0.15, 0.2) is 0 Å². The van der Waals surface area contributed by atoms with Crippen molar-refractivity contribution in [2.45, 2.75) is 19.9 Å². The van der Waals surface area contributed by atoms with Crippen LogP contribution in [0.5, 0.6) is 5.88 Å². The van der Waals surface area contributed by atoms with Crippen LogP contribution in [-0.2, 0) is 9.53 Å². The van der Waals surface area contributed by atoms with E-state index in [1.54, 1.807) is 0 Å². The van der Waals surface area contributed by atoms with Crippen LogP contribution in [0.3, 0.4) is 0 Å². The molecule has 6 heteroatoms. The summed E-state index contributed by atoms with van der Waals surface area (Å²) in [5, 5.41) is 0. The Morgan fingerprint density at radius 1 is 1.50 bits per heavy atom. The first kappa shape index (κ1) is 12.4. The molecule has 0 radical (unpaired) electrons. The van der Waals surface area contributed by atoms with Crippen molar-refractivity contribution < 1.29 is 14.3 Å². The number of carbonyl (C=O) groups is 1. The van der Waals surface area contributed by atoms with E-state index in [9.17, 15) is 4.79 Å². The Kier molecular flexibility index (Phi) is 4.19. The number of nitrogens with zero attached hydrogens (tertiary/aromatic N) is 2. The third-order valence-corrected chi connectivity index (χ3v) is 2.19. The van der Waals surface area contributed by atoms with Crippen molar-refractivity contribution in [2.24, 2.45) is 5.73 Å². The van der Waals surface area contributed by atoms with Gasteiger partial charge in [0.2, 0.25) is 5.88 Å². The van der Waals surface area contributed by atoms with Crippen LogP contribution in [0.15, 0.2) is 6.33 Å². The number of rotatable bonds is 4. The van der Waals surface area contributed by atoms with E-state index in [-0.39, 0.29) is 6.61 Å². The highest BCUT2D eigenvalue weighted by atomic mass is 16.5. The molecule has 0 spiro atoms. The summed E-state index contributed by atoms with van der Waals surface area (Å²) in [4.78, 5) is 19.0. The summed E-state index contributed by atoms with van der Waals surface area (Å²) in [6.45, 7) is 3.72. The van der Waals surface area contributed by atoms with Crippen molar-refractivity contribution in [1.29, 1.82) is 0 Å². The van der Waals surface area contributed by atoms with Gasteiger partial charge < -0.3 is 15.2 Å². The van der Waals surface area contributed by atoms with Gasteiger partial charge in [-0.15, -0.1) is 0 Å². The second-order valence-electron chi connectivity index (χ2n) is 3.33. The molecule has 0 bridgehead atoms. The molecule has 0 amide bonds. The van der Waals surface area contributed by atoms with Gasteiger partial charge in [-0.3, -0.25) is 4.79 Å². The molecular formula is C10H15N3O3. The van der Waals surface area contributed by atoms with Crippen LogP contribution in [0.25, 0.3) is 0 Å². The van der Waals surface area contributed by atoms with Crippen LogP contribution < -0.4 is 10.5 Å². The van der Waals surface area contributed by atoms with Gasteiger partial charge in [0, 0.05) is 11.3 Å². The largest absolute Gasteiger partial charge is 0.475 e. The minimum Gasteiger partial charge on any atom is -0.475 e. The average Bonchev–Trinajstić information content (AvgIpc) is 2.29. The van der Waals surface area contributed by atoms with Crippen LogP contribution in [0.1, 0.15) is 11.3 Å². The highest BCUT2D eigenvalue weighted by Crippen LogP contribution is 2.15. The molecule has 0 fully saturated rings. The van der Waals surface area contributed by atoms with Gasteiger partial charge in [-0.25, -0.2) is 9.97 Å². The number of carbonyl (C=O) groups excluding carboxylic acids is 1. The number of nitrogens with two attached hydrogens (primary N) is 1. The number of hydrogen-bond donors (Lipinski definition) is 1. The number of aryl methyl sites for hydroxylation is 1. The Labute approximate surface area is 93.8 Å². The van der Waals surface area contributed by atoms with E-state index in [2.05, 4.69) is 14.7 Å². The van der Waals surface area contributed by atoms with Gasteiger partial charge >= 0.3 is 5.97 Å². The van der Waals surface area contributed by atoms with E-state index >= 15 is 0 Å². The molecule has 88 valence electrons. The van der Waals surface area contributed by atoms with Crippen molar-refractivity contribution >= 4 is 5.97 Å². The third kappa shape index (κ3) is 2.90. The van der Waals surface area contributed by atoms with Crippen molar-refractivity contribution in [2.75, 3.05) is 13.7 Å². The highest BCUT2D eigenvalue weighted by Gasteiger charge is 2.15. The summed E-state index contributed by atoms with van der Waals surface area (Å²) < 4.78 is 9.80. The van der Waals surface area contributed by atoms with Gasteiger partial charge in [0.1, 0.15) is 19.0 Å². The Balaban J connectivity index is 2.61. The fraction of sp³-hybridized carbons (Fsp3) is 0.500. The maximum Gasteiger partial charge on any atom is 0.326 e. The molecule has 6 nitrogen and oxygen atoms in total. The molecule has 1 rings (SSSR count). The topological polar surface area (TPSA) is 87.3 Å². The molecule has 1 aromatic heterocycles. The van der Waals surface area contributed by atoms with E-state index in [0.717, 1.165) is 11.3 Å². The summed E-state index contributed by atoms with van der Waals surface area (Å²) in [5.74, 6) is -0.0738. The molecule has 1 aromatic rings. The van der Waals surface area contributed by atoms with Crippen LogP contribution in [-0.4, -0.2) is 35.7 Å². The van der Waals surface area contributed by atoms with E-state index in [4.69, 9.17) is 10.5 Å². The summed E-state index contributed by atoms with van der Waals surface area (Å²) in [6.07, 6.45) is 1.40. The lowest BCUT2D eigenvalue weighted by molar-refractivity contribution is -0.142. The van der Waals surface area contributed by atoms with Gasteiger partial charge in [-0.2, -0.15) is 0 Å². The van der Waals surface area contributed by atoms with Crippen molar-refractivity contribution in [3.63, 3.8) is 0 Å². The molecule has 0 aromatic carbocycles. The minimum absolute atomic E-state index is 0.0317. The van der Waals surface area contributed by atoms with E-state index in [0.29, 0.717) is 5.88 Å². The standard InChI is InChI=1S/C10H15N3O3/c1-6-7(2)12-5-13-9(6)16-4-8(11)10(14)15-3/h5,8H,4,11H2,1-3H3. The molecule has 16 heavy (non-hydrogen) atoms. The van der Waals surface area contributed by atoms with Gasteiger partial charge in [-0.05, 0) is 13.8 Å². The SMILES string of the molecule is COC(=O)C(N)COc1ncnc(C)c1C. The normalized spacial score (nSPS) is 12.0. The Morgan fingerprint density at radius 3 is 2.81 bits per heavy atom. The Hall–Kier alpha value is -1.69. The molecule has 2 N–H and O–H groups in total. The molecule has 0 aliphatic rings. The second kappa shape index (κ2) is 5.41. The zero-order chi connectivity index (χ0) is 12.1. The van der Waals surface area contributed by atoms with Gasteiger partial charge in [0.25, 0.3) is 0 Å². The van der Waals surface area contributed by atoms with Crippen molar-refractivity contribution in [3.05, 3.63) is 17.6 Å². The smallest absolute Gasteiger partial charge is 0.326 e. The predicted molar refractivity (Wildman–Crippen MR) is 57.0 cm³/mol. The lowest BCUT2D eigenvalue weighted by Crippen LogP contribution is -2.37. The molecule has 1 heterocycles. The molecule has 0 saturated heterocycles. The Bertz CT molecular complexity index is 382. The van der Waals surface area contributed by atoms with Crippen LogP contribution in [0, 0.1) is 13.8 Å². The number of aromatic nitrogens is 2. The predicted octanol–water partition coefficient (Wildman–Crippen LogP) is -0.0275. The highest BCUT2D eigenvalue weighted by molar-refractivity contribution is 5.75. The third-order valence-electron chi connectivity index (χ3n) is 2.19. The van der Waals surface area contributed by atoms with Crippen LogP contribution >= 0.6 is 0 Å². The fourth-order valence-electron chi connectivity index (χ4n) is 1.05. The van der Waals surface area contributed by atoms with E-state index < -0.39 is 12.0 Å². The van der Waals surface area contributed by atoms with E-state index in [1.165, 1.54) is 13.4 Å². The van der Waals surface area contributed by atoms with Crippen molar-refractivity contribution in [3.8, 4) is 5.88 Å². The monoisotopic (exact) mass is 225 g/mol. The van der Waals surface area contributed by atoms with Crippen molar-refractivity contribution in [1.82, 2.24) is 9.97 Å². The quantitative estimate of drug-likeness (QED) is 0.724. The average molecular weight is 225 g/mol. The van der Waals surface area contributed by atoms with Crippen LogP contribution in [0.2, 0.25) is 0 Å². The van der Waals surface area contributed by atoms with Gasteiger partial charge in [0.05, 0.1) is 7.11 Å². The summed E-state index contributed by atoms with van der Waals surface area (Å²) in [6, 6.07) is -0.806. The Morgan fingerprint density at radius 2 is 2.19 bits per heavy atom. The maximum absolute atomic E-state index is 11.0. The zero-order valence-corrected chi connectivity index (χ0v) is 9.56. The first-order valence-corrected chi connectivity index (χ1v) is 4.80. The zero-order valence-electron chi connectivity index (χ0n) is 9.56. The summed E-state index contributed by atoms with van der Waals surface area (Å²) >= 11 is 0. The molecule has 0 aliphatic carbocycles. The molecule has 0 aliphatic heterocycles. The first-order chi connectivity index (χ1) is 7.56. The number of methoxy groups -OCH3 is 1.